The van der Waals surface area contributed by atoms with Gasteiger partial charge in [-0.1, -0.05) is 57.4 Å². The first-order chi connectivity index (χ1) is 10.9. The van der Waals surface area contributed by atoms with Crippen molar-refractivity contribution in [1.29, 1.82) is 0 Å². The standard InChI is InChI=1S/C19H19BrO3/c1-12-9-13(2)11-15(10-12)17(7-8-18(21)22)19(23)14-3-5-16(20)6-4-14/h3-6,9-11,17H,7-8H2,1-2H3,(H,21,22). The molecule has 0 aliphatic rings. The van der Waals surface area contributed by atoms with Crippen molar-refractivity contribution in [2.45, 2.75) is 32.6 Å². The summed E-state index contributed by atoms with van der Waals surface area (Å²) in [5.74, 6) is -1.36. The van der Waals surface area contributed by atoms with E-state index in [-0.39, 0.29) is 12.2 Å². The van der Waals surface area contributed by atoms with Gasteiger partial charge in [-0.05, 0) is 38.0 Å². The third kappa shape index (κ3) is 4.76. The monoisotopic (exact) mass is 374 g/mol. The summed E-state index contributed by atoms with van der Waals surface area (Å²) in [6.45, 7) is 3.96. The summed E-state index contributed by atoms with van der Waals surface area (Å²) in [6, 6.07) is 13.2. The molecular formula is C19H19BrO3. The number of aliphatic carboxylic acids is 1. The number of carboxylic acids is 1. The summed E-state index contributed by atoms with van der Waals surface area (Å²) in [7, 11) is 0. The van der Waals surface area contributed by atoms with Crippen LogP contribution in [0.1, 0.15) is 45.8 Å². The molecule has 0 spiro atoms. The van der Waals surface area contributed by atoms with Gasteiger partial charge in [-0.3, -0.25) is 9.59 Å². The molecule has 2 aromatic rings. The predicted octanol–water partition coefficient (Wildman–Crippen LogP) is 4.90. The fraction of sp³-hybridized carbons (Fsp3) is 0.263. The van der Waals surface area contributed by atoms with E-state index in [0.29, 0.717) is 12.0 Å². The number of carboxylic acid groups (broad SMARTS) is 1. The average Bonchev–Trinajstić information content (AvgIpc) is 2.46. The van der Waals surface area contributed by atoms with E-state index in [0.717, 1.165) is 21.2 Å². The molecule has 0 heterocycles. The molecule has 0 radical (unpaired) electrons. The van der Waals surface area contributed by atoms with Crippen LogP contribution in [0.4, 0.5) is 0 Å². The molecule has 0 bridgehead atoms. The highest BCUT2D eigenvalue weighted by atomic mass is 79.9. The minimum atomic E-state index is -0.886. The highest BCUT2D eigenvalue weighted by Crippen LogP contribution is 2.28. The quantitative estimate of drug-likeness (QED) is 0.731. The highest BCUT2D eigenvalue weighted by molar-refractivity contribution is 9.10. The van der Waals surface area contributed by atoms with Crippen LogP contribution >= 0.6 is 15.9 Å². The van der Waals surface area contributed by atoms with Gasteiger partial charge in [-0.2, -0.15) is 0 Å². The number of ketones is 1. The maximum Gasteiger partial charge on any atom is 0.303 e. The lowest BCUT2D eigenvalue weighted by atomic mass is 9.85. The second kappa shape index (κ2) is 7.55. The molecule has 0 saturated carbocycles. The average molecular weight is 375 g/mol. The fourth-order valence-electron chi connectivity index (χ4n) is 2.74. The Morgan fingerprint density at radius 2 is 1.61 bits per heavy atom. The van der Waals surface area contributed by atoms with Crippen molar-refractivity contribution in [2.75, 3.05) is 0 Å². The predicted molar refractivity (Wildman–Crippen MR) is 94.0 cm³/mol. The van der Waals surface area contributed by atoms with Crippen LogP contribution in [0, 0.1) is 13.8 Å². The third-order valence-electron chi connectivity index (χ3n) is 3.74. The van der Waals surface area contributed by atoms with Gasteiger partial charge in [-0.15, -0.1) is 0 Å². The number of carbonyl (C=O) groups excluding carboxylic acids is 1. The van der Waals surface area contributed by atoms with Gasteiger partial charge < -0.3 is 5.11 Å². The lowest BCUT2D eigenvalue weighted by molar-refractivity contribution is -0.137. The fourth-order valence-corrected chi connectivity index (χ4v) is 3.01. The van der Waals surface area contributed by atoms with E-state index in [2.05, 4.69) is 15.9 Å². The zero-order valence-corrected chi connectivity index (χ0v) is 14.8. The van der Waals surface area contributed by atoms with Crippen LogP contribution in [0.25, 0.3) is 0 Å². The Morgan fingerprint density at radius 3 is 2.13 bits per heavy atom. The van der Waals surface area contributed by atoms with Crippen molar-refractivity contribution in [3.8, 4) is 0 Å². The van der Waals surface area contributed by atoms with Crippen LogP contribution in [0.2, 0.25) is 0 Å². The Morgan fingerprint density at radius 1 is 1.04 bits per heavy atom. The molecule has 2 rings (SSSR count). The molecule has 3 nitrogen and oxygen atoms in total. The van der Waals surface area contributed by atoms with Crippen molar-refractivity contribution in [3.63, 3.8) is 0 Å². The molecule has 23 heavy (non-hydrogen) atoms. The smallest absolute Gasteiger partial charge is 0.303 e. The van der Waals surface area contributed by atoms with Crippen LogP contribution in [0.15, 0.2) is 46.9 Å². The van der Waals surface area contributed by atoms with Crippen LogP contribution < -0.4 is 0 Å². The van der Waals surface area contributed by atoms with Crippen LogP contribution in [-0.2, 0) is 4.79 Å². The maximum atomic E-state index is 12.9. The number of carbonyl (C=O) groups is 2. The summed E-state index contributed by atoms with van der Waals surface area (Å²) in [4.78, 5) is 23.8. The highest BCUT2D eigenvalue weighted by Gasteiger charge is 2.23. The van der Waals surface area contributed by atoms with E-state index >= 15 is 0 Å². The molecular weight excluding hydrogens is 356 g/mol. The van der Waals surface area contributed by atoms with Crippen molar-refractivity contribution < 1.29 is 14.7 Å². The lowest BCUT2D eigenvalue weighted by Crippen LogP contribution is -2.15. The first kappa shape index (κ1) is 17.4. The molecule has 0 saturated heterocycles. The van der Waals surface area contributed by atoms with E-state index in [9.17, 15) is 9.59 Å². The Hall–Kier alpha value is -1.94. The summed E-state index contributed by atoms with van der Waals surface area (Å²) in [5, 5.41) is 8.99. The molecule has 120 valence electrons. The van der Waals surface area contributed by atoms with Crippen molar-refractivity contribution in [3.05, 3.63) is 69.2 Å². The Bertz CT molecular complexity index is 700. The van der Waals surface area contributed by atoms with E-state index in [1.807, 2.05) is 44.2 Å². The molecule has 0 aliphatic heterocycles. The van der Waals surface area contributed by atoms with Gasteiger partial charge in [0.2, 0.25) is 0 Å². The van der Waals surface area contributed by atoms with Crippen molar-refractivity contribution in [1.82, 2.24) is 0 Å². The topological polar surface area (TPSA) is 54.4 Å². The Labute approximate surface area is 144 Å². The SMILES string of the molecule is Cc1cc(C)cc(C(CCC(=O)O)C(=O)c2ccc(Br)cc2)c1. The van der Waals surface area contributed by atoms with E-state index in [1.54, 1.807) is 12.1 Å². The number of aryl methyl sites for hydroxylation is 2. The second-order valence-corrected chi connectivity index (χ2v) is 6.69. The minimum absolute atomic E-state index is 0.0279. The lowest BCUT2D eigenvalue weighted by Gasteiger charge is -2.17. The molecule has 1 atom stereocenters. The molecule has 0 aromatic heterocycles. The Kier molecular flexibility index (Phi) is 5.72. The molecule has 0 fully saturated rings. The molecule has 4 heteroatoms. The summed E-state index contributed by atoms with van der Waals surface area (Å²) >= 11 is 3.36. The third-order valence-corrected chi connectivity index (χ3v) is 4.27. The number of rotatable bonds is 6. The van der Waals surface area contributed by atoms with Gasteiger partial charge in [0.05, 0.1) is 0 Å². The van der Waals surface area contributed by atoms with Gasteiger partial charge in [0.25, 0.3) is 0 Å². The Balaban J connectivity index is 2.38. The zero-order valence-electron chi connectivity index (χ0n) is 13.2. The number of hydrogen-bond acceptors (Lipinski definition) is 2. The first-order valence-electron chi connectivity index (χ1n) is 7.46. The summed E-state index contributed by atoms with van der Waals surface area (Å²) in [6.07, 6.45) is 0.271. The van der Waals surface area contributed by atoms with Crippen molar-refractivity contribution in [2.24, 2.45) is 0 Å². The molecule has 1 N–H and O–H groups in total. The minimum Gasteiger partial charge on any atom is -0.481 e. The molecule has 2 aromatic carbocycles. The summed E-state index contributed by atoms with van der Waals surface area (Å²) in [5.41, 5.74) is 3.63. The van der Waals surface area contributed by atoms with Crippen LogP contribution in [0.3, 0.4) is 0 Å². The molecule has 1 unspecified atom stereocenters. The number of Topliss-reactive ketones (excluding diaryl/α,β-unsaturated/α-hetero) is 1. The molecule has 0 amide bonds. The largest absolute Gasteiger partial charge is 0.481 e. The van der Waals surface area contributed by atoms with Crippen LogP contribution in [0.5, 0.6) is 0 Å². The maximum absolute atomic E-state index is 12.9. The van der Waals surface area contributed by atoms with Gasteiger partial charge in [0.15, 0.2) is 5.78 Å². The normalized spacial score (nSPS) is 12.0. The van der Waals surface area contributed by atoms with Gasteiger partial charge in [0, 0.05) is 22.4 Å². The second-order valence-electron chi connectivity index (χ2n) is 5.78. The van der Waals surface area contributed by atoms with Gasteiger partial charge in [-0.25, -0.2) is 0 Å². The number of benzene rings is 2. The van der Waals surface area contributed by atoms with E-state index in [4.69, 9.17) is 5.11 Å². The summed E-state index contributed by atoms with van der Waals surface area (Å²) < 4.78 is 0.905. The van der Waals surface area contributed by atoms with E-state index in [1.165, 1.54) is 0 Å². The first-order valence-corrected chi connectivity index (χ1v) is 8.26. The number of hydrogen-bond donors (Lipinski definition) is 1. The van der Waals surface area contributed by atoms with Crippen LogP contribution in [-0.4, -0.2) is 16.9 Å². The molecule has 0 aliphatic carbocycles. The van der Waals surface area contributed by atoms with Crippen molar-refractivity contribution >= 4 is 27.7 Å². The van der Waals surface area contributed by atoms with E-state index < -0.39 is 11.9 Å². The van der Waals surface area contributed by atoms with Gasteiger partial charge >= 0.3 is 5.97 Å². The number of halogens is 1. The van der Waals surface area contributed by atoms with Gasteiger partial charge in [0.1, 0.15) is 0 Å². The zero-order chi connectivity index (χ0) is 17.0.